The highest BCUT2D eigenvalue weighted by molar-refractivity contribution is 6.04. The minimum Gasteiger partial charge on any atom is -0.497 e. The Balaban J connectivity index is 2.84. The molecule has 0 aliphatic carbocycles. The quantitative estimate of drug-likeness (QED) is 0.616. The number of carbonyl (C=O) groups is 3. The molecule has 120 valence electrons. The van der Waals surface area contributed by atoms with Crippen LogP contribution >= 0.6 is 0 Å². The van der Waals surface area contributed by atoms with E-state index >= 15 is 0 Å². The minimum atomic E-state index is -1.43. The maximum Gasteiger partial charge on any atom is 0.413 e. The van der Waals surface area contributed by atoms with Crippen LogP contribution in [0.1, 0.15) is 6.92 Å². The molecule has 0 bridgehead atoms. The first kappa shape index (κ1) is 17.3. The summed E-state index contributed by atoms with van der Waals surface area (Å²) in [6.07, 6.45) is -0.992. The molecule has 0 aromatic heterocycles. The topological polar surface area (TPSA) is 100 Å². The number of hydrogen-bond donors (Lipinski definition) is 1. The van der Waals surface area contributed by atoms with Crippen molar-refractivity contribution in [2.24, 2.45) is 0 Å². The van der Waals surface area contributed by atoms with Gasteiger partial charge in [-0.1, -0.05) is 0 Å². The smallest absolute Gasteiger partial charge is 0.413 e. The largest absolute Gasteiger partial charge is 0.497 e. The summed E-state index contributed by atoms with van der Waals surface area (Å²) in [4.78, 5) is 34.5. The van der Waals surface area contributed by atoms with Gasteiger partial charge in [0, 0.05) is 6.07 Å². The highest BCUT2D eigenvalue weighted by atomic mass is 16.6. The monoisotopic (exact) mass is 311 g/mol. The van der Waals surface area contributed by atoms with Crippen LogP contribution in [-0.2, 0) is 14.3 Å². The number of hydrogen-bond acceptors (Lipinski definition) is 7. The lowest BCUT2D eigenvalue weighted by Crippen LogP contribution is -2.47. The maximum atomic E-state index is 11.8. The number of esters is 1. The maximum absolute atomic E-state index is 11.8. The Hall–Kier alpha value is -2.77. The van der Waals surface area contributed by atoms with Crippen LogP contribution in [0.4, 0.5) is 4.79 Å². The number of nitrogens with one attached hydrogen (secondary N) is 1. The third-order valence-electron chi connectivity index (χ3n) is 2.68. The van der Waals surface area contributed by atoms with E-state index in [0.717, 1.165) is 14.0 Å². The van der Waals surface area contributed by atoms with Gasteiger partial charge in [-0.05, 0) is 19.1 Å². The first-order valence-electron chi connectivity index (χ1n) is 6.21. The highest BCUT2D eigenvalue weighted by Crippen LogP contribution is 2.31. The molecule has 0 fully saturated rings. The van der Waals surface area contributed by atoms with Gasteiger partial charge < -0.3 is 24.3 Å². The molecule has 1 aromatic carbocycles. The van der Waals surface area contributed by atoms with Gasteiger partial charge in [0.1, 0.15) is 5.75 Å². The molecule has 1 rings (SSSR count). The van der Waals surface area contributed by atoms with Crippen molar-refractivity contribution in [1.29, 1.82) is 0 Å². The number of ketones is 1. The summed E-state index contributed by atoms with van der Waals surface area (Å²) in [5.41, 5.74) is 0. The number of rotatable bonds is 6. The molecule has 0 saturated carbocycles. The van der Waals surface area contributed by atoms with Crippen LogP contribution in [0.3, 0.4) is 0 Å². The third-order valence-corrected chi connectivity index (χ3v) is 2.68. The van der Waals surface area contributed by atoms with E-state index < -0.39 is 23.9 Å². The van der Waals surface area contributed by atoms with Crippen molar-refractivity contribution >= 4 is 17.8 Å². The minimum absolute atomic E-state index is 0.105. The van der Waals surface area contributed by atoms with Crippen molar-refractivity contribution in [3.05, 3.63) is 18.2 Å². The number of ether oxygens (including phenoxy) is 4. The van der Waals surface area contributed by atoms with Crippen LogP contribution in [0.2, 0.25) is 0 Å². The summed E-state index contributed by atoms with van der Waals surface area (Å²) in [6.45, 7) is 1.15. The average Bonchev–Trinajstić information content (AvgIpc) is 2.51. The molecule has 0 heterocycles. The van der Waals surface area contributed by atoms with E-state index in [0.29, 0.717) is 5.75 Å². The van der Waals surface area contributed by atoms with Crippen LogP contribution < -0.4 is 19.5 Å². The van der Waals surface area contributed by atoms with Crippen LogP contribution in [-0.4, -0.2) is 45.2 Å². The Morgan fingerprint density at radius 1 is 1.05 bits per heavy atom. The first-order chi connectivity index (χ1) is 10.4. The van der Waals surface area contributed by atoms with Gasteiger partial charge in [-0.25, -0.2) is 9.59 Å². The summed E-state index contributed by atoms with van der Waals surface area (Å²) in [7, 11) is 3.99. The van der Waals surface area contributed by atoms with E-state index in [1.54, 1.807) is 6.07 Å². The molecule has 1 aromatic rings. The molecule has 0 radical (unpaired) electrons. The van der Waals surface area contributed by atoms with Crippen LogP contribution in [0, 0.1) is 0 Å². The summed E-state index contributed by atoms with van der Waals surface area (Å²) < 4.78 is 19.5. The number of amides is 1. The molecule has 1 amide bonds. The fraction of sp³-hybridized carbons (Fsp3) is 0.357. The average molecular weight is 311 g/mol. The van der Waals surface area contributed by atoms with Crippen molar-refractivity contribution in [3.63, 3.8) is 0 Å². The second-order valence-electron chi connectivity index (χ2n) is 4.12. The predicted molar refractivity (Wildman–Crippen MR) is 75.2 cm³/mol. The second-order valence-corrected chi connectivity index (χ2v) is 4.12. The van der Waals surface area contributed by atoms with Gasteiger partial charge in [0.25, 0.3) is 0 Å². The van der Waals surface area contributed by atoms with Crippen molar-refractivity contribution in [3.8, 4) is 17.2 Å². The molecule has 1 N–H and O–H groups in total. The lowest BCUT2D eigenvalue weighted by Gasteiger charge is -2.15. The van der Waals surface area contributed by atoms with Crippen LogP contribution in [0.5, 0.6) is 17.2 Å². The molecule has 1 atom stereocenters. The van der Waals surface area contributed by atoms with Crippen molar-refractivity contribution in [2.75, 3.05) is 21.3 Å². The zero-order valence-electron chi connectivity index (χ0n) is 12.7. The first-order valence-corrected chi connectivity index (χ1v) is 6.21. The Morgan fingerprint density at radius 2 is 1.73 bits per heavy atom. The standard InChI is InChI=1S/C14H17NO7/c1-8(16)12(13(17)21-4)15-14(18)22-10-6-5-9(19-2)7-11(10)20-3/h5-7,12H,1-4H3,(H,15,18). The number of methoxy groups -OCH3 is 3. The van der Waals surface area contributed by atoms with Crippen LogP contribution in [0.25, 0.3) is 0 Å². The van der Waals surface area contributed by atoms with Crippen molar-refractivity contribution < 1.29 is 33.3 Å². The van der Waals surface area contributed by atoms with E-state index in [4.69, 9.17) is 14.2 Å². The highest BCUT2D eigenvalue weighted by Gasteiger charge is 2.27. The molecule has 0 aliphatic heterocycles. The van der Waals surface area contributed by atoms with Gasteiger partial charge in [-0.2, -0.15) is 0 Å². The Labute approximate surface area is 127 Å². The third kappa shape index (κ3) is 4.37. The molecule has 8 nitrogen and oxygen atoms in total. The van der Waals surface area contributed by atoms with Gasteiger partial charge in [-0.3, -0.25) is 4.79 Å². The molecule has 0 aliphatic rings. The van der Waals surface area contributed by atoms with E-state index in [9.17, 15) is 14.4 Å². The number of benzene rings is 1. The zero-order chi connectivity index (χ0) is 16.7. The van der Waals surface area contributed by atoms with Crippen LogP contribution in [0.15, 0.2) is 18.2 Å². The fourth-order valence-corrected chi connectivity index (χ4v) is 1.55. The fourth-order valence-electron chi connectivity index (χ4n) is 1.55. The normalized spacial score (nSPS) is 11.1. The Kier molecular flexibility index (Phi) is 6.18. The molecular weight excluding hydrogens is 294 g/mol. The predicted octanol–water partition coefficient (Wildman–Crippen LogP) is 0.923. The molecular formula is C14H17NO7. The molecule has 0 spiro atoms. The second kappa shape index (κ2) is 7.87. The van der Waals surface area contributed by atoms with Crippen molar-refractivity contribution in [2.45, 2.75) is 13.0 Å². The number of carbonyl (C=O) groups excluding carboxylic acids is 3. The Morgan fingerprint density at radius 3 is 2.23 bits per heavy atom. The summed E-state index contributed by atoms with van der Waals surface area (Å²) in [6, 6.07) is 3.11. The summed E-state index contributed by atoms with van der Waals surface area (Å²) in [5, 5.41) is 2.12. The summed E-state index contributed by atoms with van der Waals surface area (Å²) in [5.74, 6) is -0.586. The zero-order valence-corrected chi connectivity index (χ0v) is 12.7. The lowest BCUT2D eigenvalue weighted by atomic mass is 10.2. The molecule has 8 heteroatoms. The van der Waals surface area contributed by atoms with Gasteiger partial charge >= 0.3 is 12.1 Å². The summed E-state index contributed by atoms with van der Waals surface area (Å²) >= 11 is 0. The van der Waals surface area contributed by atoms with Gasteiger partial charge in [0.05, 0.1) is 21.3 Å². The van der Waals surface area contributed by atoms with Crippen molar-refractivity contribution in [1.82, 2.24) is 5.32 Å². The lowest BCUT2D eigenvalue weighted by molar-refractivity contribution is -0.145. The van der Waals surface area contributed by atoms with E-state index in [2.05, 4.69) is 10.1 Å². The van der Waals surface area contributed by atoms with E-state index in [1.807, 2.05) is 0 Å². The van der Waals surface area contributed by atoms with E-state index in [-0.39, 0.29) is 11.5 Å². The van der Waals surface area contributed by atoms with Gasteiger partial charge in [0.2, 0.25) is 0 Å². The van der Waals surface area contributed by atoms with E-state index in [1.165, 1.54) is 26.4 Å². The Bertz CT molecular complexity index is 570. The molecule has 0 saturated heterocycles. The SMILES string of the molecule is COC(=O)C(NC(=O)Oc1ccc(OC)cc1OC)C(C)=O. The van der Waals surface area contributed by atoms with Gasteiger partial charge in [0.15, 0.2) is 23.3 Å². The molecule has 22 heavy (non-hydrogen) atoms. The molecule has 1 unspecified atom stereocenters. The van der Waals surface area contributed by atoms with Gasteiger partial charge in [-0.15, -0.1) is 0 Å². The number of Topliss-reactive ketones (excluding diaryl/α,β-unsaturated/α-hetero) is 1.